The van der Waals surface area contributed by atoms with Crippen LogP contribution in [0.2, 0.25) is 0 Å². The van der Waals surface area contributed by atoms with E-state index in [9.17, 15) is 0 Å². The number of nitrogens with zero attached hydrogens (tertiary/aromatic N) is 3. The molecule has 0 spiro atoms. The second-order valence-electron chi connectivity index (χ2n) is 7.98. The predicted octanol–water partition coefficient (Wildman–Crippen LogP) is 5.32. The molecular weight excluding hydrogens is 404 g/mol. The topological polar surface area (TPSA) is 46.2 Å². The molecular formula is C25H24N4OS. The molecule has 4 heterocycles. The van der Waals surface area contributed by atoms with Crippen LogP contribution in [0.5, 0.6) is 0 Å². The highest BCUT2D eigenvalue weighted by Gasteiger charge is 2.42. The largest absolute Gasteiger partial charge is 0.467 e. The third kappa shape index (κ3) is 3.75. The standard InChI is InChI=1S/C25H24N4OS/c1-17-13-18(2)15-19(14-17)29-24(23(27-25(29)31)21-8-3-4-10-26-21)22-9-5-11-28(22)16-20-7-6-12-30-20/h3-15,23-24H,16H2,1-2H3,(H,27,31). The van der Waals surface area contributed by atoms with Gasteiger partial charge >= 0.3 is 0 Å². The van der Waals surface area contributed by atoms with E-state index in [1.807, 2.05) is 30.5 Å². The average molecular weight is 429 g/mol. The summed E-state index contributed by atoms with van der Waals surface area (Å²) < 4.78 is 7.84. The Kier molecular flexibility index (Phi) is 5.08. The Morgan fingerprint density at radius 3 is 2.58 bits per heavy atom. The van der Waals surface area contributed by atoms with E-state index < -0.39 is 0 Å². The van der Waals surface area contributed by atoms with Crippen molar-refractivity contribution in [2.75, 3.05) is 4.90 Å². The molecule has 3 aromatic heterocycles. The van der Waals surface area contributed by atoms with Gasteiger partial charge in [-0.15, -0.1) is 0 Å². The van der Waals surface area contributed by atoms with E-state index in [0.717, 1.165) is 22.8 Å². The highest BCUT2D eigenvalue weighted by atomic mass is 32.1. The summed E-state index contributed by atoms with van der Waals surface area (Å²) in [5.41, 5.74) is 5.63. The molecule has 156 valence electrons. The van der Waals surface area contributed by atoms with Gasteiger partial charge in [0.1, 0.15) is 11.8 Å². The van der Waals surface area contributed by atoms with Gasteiger partial charge in [-0.2, -0.15) is 0 Å². The molecule has 0 radical (unpaired) electrons. The lowest BCUT2D eigenvalue weighted by atomic mass is 10.00. The highest BCUT2D eigenvalue weighted by molar-refractivity contribution is 7.80. The summed E-state index contributed by atoms with van der Waals surface area (Å²) in [7, 11) is 0. The number of thiocarbonyl (C=S) groups is 1. The summed E-state index contributed by atoms with van der Waals surface area (Å²) >= 11 is 5.86. The van der Waals surface area contributed by atoms with Crippen LogP contribution in [-0.4, -0.2) is 14.7 Å². The van der Waals surface area contributed by atoms with Crippen molar-refractivity contribution in [1.29, 1.82) is 0 Å². The zero-order chi connectivity index (χ0) is 21.4. The fraction of sp³-hybridized carbons (Fsp3) is 0.200. The zero-order valence-electron chi connectivity index (χ0n) is 17.5. The van der Waals surface area contributed by atoms with Crippen LogP contribution < -0.4 is 10.2 Å². The van der Waals surface area contributed by atoms with E-state index in [0.29, 0.717) is 11.7 Å². The average Bonchev–Trinajstić information content (AvgIpc) is 3.48. The molecule has 0 saturated carbocycles. The molecule has 1 fully saturated rings. The predicted molar refractivity (Wildman–Crippen MR) is 126 cm³/mol. The number of aryl methyl sites for hydroxylation is 2. The van der Waals surface area contributed by atoms with Gasteiger partial charge in [0, 0.05) is 23.8 Å². The van der Waals surface area contributed by atoms with Crippen LogP contribution in [0.1, 0.15) is 40.4 Å². The first-order valence-electron chi connectivity index (χ1n) is 10.4. The Morgan fingerprint density at radius 2 is 1.87 bits per heavy atom. The fourth-order valence-corrected chi connectivity index (χ4v) is 4.78. The smallest absolute Gasteiger partial charge is 0.174 e. The minimum Gasteiger partial charge on any atom is -0.467 e. The van der Waals surface area contributed by atoms with Crippen molar-refractivity contribution in [3.05, 3.63) is 108 Å². The lowest BCUT2D eigenvalue weighted by molar-refractivity contribution is 0.475. The van der Waals surface area contributed by atoms with Crippen molar-refractivity contribution in [1.82, 2.24) is 14.9 Å². The zero-order valence-corrected chi connectivity index (χ0v) is 18.3. The van der Waals surface area contributed by atoms with Crippen LogP contribution in [0.25, 0.3) is 0 Å². The van der Waals surface area contributed by atoms with Gasteiger partial charge in [0.25, 0.3) is 0 Å². The molecule has 2 atom stereocenters. The van der Waals surface area contributed by atoms with Gasteiger partial charge in [-0.1, -0.05) is 12.1 Å². The monoisotopic (exact) mass is 428 g/mol. The van der Waals surface area contributed by atoms with Gasteiger partial charge in [0.15, 0.2) is 5.11 Å². The van der Waals surface area contributed by atoms with E-state index in [2.05, 4.69) is 76.2 Å². The Bertz CT molecular complexity index is 1180. The van der Waals surface area contributed by atoms with Crippen molar-refractivity contribution >= 4 is 23.0 Å². The number of furan rings is 1. The van der Waals surface area contributed by atoms with Crippen molar-refractivity contribution in [3.63, 3.8) is 0 Å². The van der Waals surface area contributed by atoms with Crippen molar-refractivity contribution in [2.24, 2.45) is 0 Å². The molecule has 4 aromatic rings. The van der Waals surface area contributed by atoms with Crippen LogP contribution in [-0.2, 0) is 6.54 Å². The normalized spacial score (nSPS) is 18.4. The van der Waals surface area contributed by atoms with E-state index in [1.165, 1.54) is 11.1 Å². The number of hydrogen-bond donors (Lipinski definition) is 1. The van der Waals surface area contributed by atoms with E-state index in [-0.39, 0.29) is 12.1 Å². The maximum Gasteiger partial charge on any atom is 0.174 e. The van der Waals surface area contributed by atoms with Gasteiger partial charge in [-0.3, -0.25) is 4.98 Å². The van der Waals surface area contributed by atoms with Gasteiger partial charge < -0.3 is 19.2 Å². The summed E-state index contributed by atoms with van der Waals surface area (Å²) in [6, 6.07) is 20.6. The summed E-state index contributed by atoms with van der Waals surface area (Å²) in [6.45, 7) is 4.90. The third-order valence-corrected chi connectivity index (χ3v) is 5.97. The van der Waals surface area contributed by atoms with Gasteiger partial charge in [0.05, 0.1) is 24.5 Å². The molecule has 1 N–H and O–H groups in total. The lowest BCUT2D eigenvalue weighted by Gasteiger charge is -2.29. The van der Waals surface area contributed by atoms with Gasteiger partial charge in [0.2, 0.25) is 0 Å². The van der Waals surface area contributed by atoms with Crippen LogP contribution in [0, 0.1) is 13.8 Å². The summed E-state index contributed by atoms with van der Waals surface area (Å²) in [6.07, 6.45) is 5.64. The Hall–Kier alpha value is -3.38. The fourth-order valence-electron chi connectivity index (χ4n) is 4.43. The van der Waals surface area contributed by atoms with Crippen LogP contribution >= 0.6 is 12.2 Å². The summed E-state index contributed by atoms with van der Waals surface area (Å²) in [5, 5.41) is 4.25. The maximum absolute atomic E-state index is 5.86. The molecule has 31 heavy (non-hydrogen) atoms. The minimum absolute atomic E-state index is 0.0476. The van der Waals surface area contributed by atoms with Crippen molar-refractivity contribution in [3.8, 4) is 0 Å². The molecule has 0 bridgehead atoms. The Labute approximate surface area is 187 Å². The molecule has 1 aromatic carbocycles. The van der Waals surface area contributed by atoms with Crippen LogP contribution in [0.15, 0.2) is 83.7 Å². The number of aromatic nitrogens is 2. The van der Waals surface area contributed by atoms with E-state index in [4.69, 9.17) is 16.6 Å². The van der Waals surface area contributed by atoms with Crippen molar-refractivity contribution < 1.29 is 4.42 Å². The quantitative estimate of drug-likeness (QED) is 0.436. The molecule has 0 amide bonds. The SMILES string of the molecule is Cc1cc(C)cc(N2C(=S)NC(c3ccccn3)C2c2cccn2Cc2ccco2)c1. The Balaban J connectivity index is 1.63. The van der Waals surface area contributed by atoms with E-state index in [1.54, 1.807) is 6.26 Å². The molecule has 0 aliphatic carbocycles. The molecule has 5 rings (SSSR count). The first kappa shape index (κ1) is 19.6. The number of benzene rings is 1. The first-order valence-corrected chi connectivity index (χ1v) is 10.8. The number of nitrogens with one attached hydrogen (secondary N) is 1. The second kappa shape index (κ2) is 8.04. The van der Waals surface area contributed by atoms with Gasteiger partial charge in [-0.05, 0) is 85.7 Å². The number of hydrogen-bond acceptors (Lipinski definition) is 3. The summed E-state index contributed by atoms with van der Waals surface area (Å²) in [5.74, 6) is 0.915. The second-order valence-corrected chi connectivity index (χ2v) is 8.37. The number of rotatable bonds is 5. The molecule has 6 heteroatoms. The summed E-state index contributed by atoms with van der Waals surface area (Å²) in [4.78, 5) is 6.87. The maximum atomic E-state index is 5.86. The Morgan fingerprint density at radius 1 is 1.03 bits per heavy atom. The van der Waals surface area contributed by atoms with Crippen LogP contribution in [0.3, 0.4) is 0 Å². The minimum atomic E-state index is -0.0697. The van der Waals surface area contributed by atoms with Gasteiger partial charge in [-0.25, -0.2) is 0 Å². The molecule has 1 saturated heterocycles. The molecule has 1 aliphatic rings. The molecule has 1 aliphatic heterocycles. The lowest BCUT2D eigenvalue weighted by Crippen LogP contribution is -2.30. The van der Waals surface area contributed by atoms with E-state index >= 15 is 0 Å². The number of pyridine rings is 1. The third-order valence-electron chi connectivity index (χ3n) is 5.66. The van der Waals surface area contributed by atoms with Crippen molar-refractivity contribution in [2.45, 2.75) is 32.5 Å². The first-order chi connectivity index (χ1) is 15.1. The molecule has 5 nitrogen and oxygen atoms in total. The molecule has 2 unspecified atom stereocenters. The number of anilines is 1. The van der Waals surface area contributed by atoms with Crippen LogP contribution in [0.4, 0.5) is 5.69 Å². The highest BCUT2D eigenvalue weighted by Crippen LogP contribution is 2.42.